The van der Waals surface area contributed by atoms with Crippen LogP contribution >= 0.6 is 11.3 Å². The fourth-order valence-electron chi connectivity index (χ4n) is 3.33. The number of thiophene rings is 1. The molecule has 0 saturated carbocycles. The number of amides is 1. The molecule has 1 aliphatic heterocycles. The summed E-state index contributed by atoms with van der Waals surface area (Å²) in [6.45, 7) is 0.179. The smallest absolute Gasteiger partial charge is 0.264 e. The molecule has 0 N–H and O–H groups in total. The molecular formula is C20H18FNO4S2. The van der Waals surface area contributed by atoms with Gasteiger partial charge in [0.1, 0.15) is 17.3 Å². The summed E-state index contributed by atoms with van der Waals surface area (Å²) in [7, 11) is -3.13. The maximum Gasteiger partial charge on any atom is 0.264 e. The molecule has 1 fully saturated rings. The van der Waals surface area contributed by atoms with Gasteiger partial charge in [-0.15, -0.1) is 11.3 Å². The normalized spacial score (nSPS) is 18.2. The lowest BCUT2D eigenvalue weighted by Gasteiger charge is -2.27. The molecule has 28 heavy (non-hydrogen) atoms. The van der Waals surface area contributed by atoms with E-state index in [2.05, 4.69) is 0 Å². The van der Waals surface area contributed by atoms with Crippen LogP contribution in [0.3, 0.4) is 0 Å². The van der Waals surface area contributed by atoms with Crippen molar-refractivity contribution in [1.82, 2.24) is 4.90 Å². The highest BCUT2D eigenvalue weighted by molar-refractivity contribution is 7.91. The Kier molecular flexibility index (Phi) is 5.07. The lowest BCUT2D eigenvalue weighted by atomic mass is 10.2. The average molecular weight is 419 g/mol. The predicted molar refractivity (Wildman–Crippen MR) is 105 cm³/mol. The summed E-state index contributed by atoms with van der Waals surface area (Å²) in [6.07, 6.45) is 0.422. The third kappa shape index (κ3) is 4.02. The van der Waals surface area contributed by atoms with Crippen LogP contribution in [0.15, 0.2) is 58.3 Å². The molecule has 0 radical (unpaired) electrons. The lowest BCUT2D eigenvalue weighted by Crippen LogP contribution is -2.40. The number of hydrogen-bond acceptors (Lipinski definition) is 5. The first-order chi connectivity index (χ1) is 13.4. The van der Waals surface area contributed by atoms with Gasteiger partial charge in [-0.05, 0) is 54.3 Å². The minimum atomic E-state index is -3.13. The molecule has 3 heterocycles. The monoisotopic (exact) mass is 419 g/mol. The Bertz CT molecular complexity index is 1070. The second-order valence-electron chi connectivity index (χ2n) is 6.74. The topological polar surface area (TPSA) is 67.6 Å². The number of halogens is 1. The second kappa shape index (κ2) is 7.52. The van der Waals surface area contributed by atoms with Gasteiger partial charge >= 0.3 is 0 Å². The first kappa shape index (κ1) is 18.9. The number of hydrogen-bond donors (Lipinski definition) is 0. The summed E-state index contributed by atoms with van der Waals surface area (Å²) >= 11 is 1.33. The molecule has 1 aromatic carbocycles. The summed E-state index contributed by atoms with van der Waals surface area (Å²) in [5.41, 5.74) is 0.729. The Labute approximate surface area is 166 Å². The summed E-state index contributed by atoms with van der Waals surface area (Å²) in [5, 5.41) is 1.82. The first-order valence-electron chi connectivity index (χ1n) is 8.81. The van der Waals surface area contributed by atoms with E-state index in [1.165, 1.54) is 23.5 Å². The number of sulfone groups is 1. The van der Waals surface area contributed by atoms with Crippen LogP contribution in [0.5, 0.6) is 0 Å². The zero-order valence-electron chi connectivity index (χ0n) is 14.9. The van der Waals surface area contributed by atoms with E-state index < -0.39 is 9.84 Å². The first-order valence-corrected chi connectivity index (χ1v) is 11.5. The van der Waals surface area contributed by atoms with Gasteiger partial charge in [-0.2, -0.15) is 0 Å². The van der Waals surface area contributed by atoms with Crippen molar-refractivity contribution in [3.05, 3.63) is 70.4 Å². The Morgan fingerprint density at radius 3 is 2.61 bits per heavy atom. The van der Waals surface area contributed by atoms with Gasteiger partial charge in [0.15, 0.2) is 9.84 Å². The van der Waals surface area contributed by atoms with Crippen LogP contribution in [0.4, 0.5) is 4.39 Å². The molecule has 1 saturated heterocycles. The SMILES string of the molecule is O=C(c1cccs1)N(Cc1ccc(-c2ccc(F)cc2)o1)C1CCS(=O)(=O)C1. The van der Waals surface area contributed by atoms with Crippen LogP contribution in [0.1, 0.15) is 21.9 Å². The van der Waals surface area contributed by atoms with E-state index in [0.717, 1.165) is 5.56 Å². The number of carbonyl (C=O) groups is 1. The van der Waals surface area contributed by atoms with Crippen molar-refractivity contribution in [3.63, 3.8) is 0 Å². The Balaban J connectivity index is 1.59. The molecule has 0 aliphatic carbocycles. The van der Waals surface area contributed by atoms with Gasteiger partial charge in [0.2, 0.25) is 0 Å². The third-order valence-electron chi connectivity index (χ3n) is 4.76. The van der Waals surface area contributed by atoms with E-state index >= 15 is 0 Å². The Hall–Kier alpha value is -2.45. The van der Waals surface area contributed by atoms with Crippen LogP contribution in [-0.2, 0) is 16.4 Å². The maximum atomic E-state index is 13.1. The highest BCUT2D eigenvalue weighted by Crippen LogP contribution is 2.27. The van der Waals surface area contributed by atoms with E-state index in [1.807, 2.05) is 5.38 Å². The molecule has 1 unspecified atom stereocenters. The molecule has 146 valence electrons. The molecule has 1 amide bonds. The zero-order chi connectivity index (χ0) is 19.7. The number of nitrogens with zero attached hydrogens (tertiary/aromatic N) is 1. The highest BCUT2D eigenvalue weighted by atomic mass is 32.2. The summed E-state index contributed by atoms with van der Waals surface area (Å²) in [6, 6.07) is 12.6. The highest BCUT2D eigenvalue weighted by Gasteiger charge is 2.35. The Morgan fingerprint density at radius 2 is 1.96 bits per heavy atom. The number of benzene rings is 1. The largest absolute Gasteiger partial charge is 0.459 e. The third-order valence-corrected chi connectivity index (χ3v) is 7.37. The van der Waals surface area contributed by atoms with Crippen molar-refractivity contribution >= 4 is 27.1 Å². The van der Waals surface area contributed by atoms with Crippen molar-refractivity contribution in [2.45, 2.75) is 19.0 Å². The fourth-order valence-corrected chi connectivity index (χ4v) is 5.74. The quantitative estimate of drug-likeness (QED) is 0.627. The van der Waals surface area contributed by atoms with Gasteiger partial charge in [-0.1, -0.05) is 6.07 Å². The molecule has 0 spiro atoms. The van der Waals surface area contributed by atoms with Gasteiger partial charge in [-0.25, -0.2) is 12.8 Å². The van der Waals surface area contributed by atoms with Crippen LogP contribution < -0.4 is 0 Å². The average Bonchev–Trinajstić information content (AvgIpc) is 3.41. The standard InChI is InChI=1S/C20H18FNO4S2/c21-15-5-3-14(4-6-15)18-8-7-17(26-18)12-22(16-9-11-28(24,25)13-16)20(23)19-2-1-10-27-19/h1-8,10,16H,9,11-13H2. The predicted octanol–water partition coefficient (Wildman–Crippen LogP) is 3.98. The summed E-state index contributed by atoms with van der Waals surface area (Å²) in [5.74, 6) is 0.647. The Morgan fingerprint density at radius 1 is 1.18 bits per heavy atom. The minimum absolute atomic E-state index is 0.0321. The van der Waals surface area contributed by atoms with E-state index in [9.17, 15) is 17.6 Å². The van der Waals surface area contributed by atoms with E-state index in [4.69, 9.17) is 4.42 Å². The summed E-state index contributed by atoms with van der Waals surface area (Å²) in [4.78, 5) is 15.1. The molecule has 4 rings (SSSR count). The van der Waals surface area contributed by atoms with Crippen molar-refractivity contribution in [3.8, 4) is 11.3 Å². The zero-order valence-corrected chi connectivity index (χ0v) is 16.5. The molecule has 2 aromatic heterocycles. The molecule has 1 atom stereocenters. The van der Waals surface area contributed by atoms with Gasteiger partial charge in [0.05, 0.1) is 22.9 Å². The van der Waals surface area contributed by atoms with E-state index in [1.54, 1.807) is 41.3 Å². The molecular weight excluding hydrogens is 401 g/mol. The number of carbonyl (C=O) groups excluding carboxylic acids is 1. The van der Waals surface area contributed by atoms with Crippen LogP contribution in [0.25, 0.3) is 11.3 Å². The van der Waals surface area contributed by atoms with Gasteiger partial charge < -0.3 is 9.32 Å². The van der Waals surface area contributed by atoms with Crippen molar-refractivity contribution in [2.75, 3.05) is 11.5 Å². The second-order valence-corrected chi connectivity index (χ2v) is 9.92. The number of rotatable bonds is 5. The minimum Gasteiger partial charge on any atom is -0.459 e. The van der Waals surface area contributed by atoms with Crippen molar-refractivity contribution in [2.24, 2.45) is 0 Å². The lowest BCUT2D eigenvalue weighted by molar-refractivity contribution is 0.0671. The molecule has 1 aliphatic rings. The number of furan rings is 1. The van der Waals surface area contributed by atoms with Crippen LogP contribution in [0, 0.1) is 5.82 Å². The van der Waals surface area contributed by atoms with Crippen LogP contribution in [-0.4, -0.2) is 36.8 Å². The van der Waals surface area contributed by atoms with Crippen molar-refractivity contribution < 1.29 is 22.0 Å². The van der Waals surface area contributed by atoms with Crippen molar-refractivity contribution in [1.29, 1.82) is 0 Å². The molecule has 3 aromatic rings. The molecule has 5 nitrogen and oxygen atoms in total. The maximum absolute atomic E-state index is 13.1. The van der Waals surface area contributed by atoms with E-state index in [-0.39, 0.29) is 35.8 Å². The van der Waals surface area contributed by atoms with Gasteiger partial charge in [0.25, 0.3) is 5.91 Å². The van der Waals surface area contributed by atoms with Gasteiger partial charge in [0, 0.05) is 11.6 Å². The molecule has 0 bridgehead atoms. The fraction of sp³-hybridized carbons (Fsp3) is 0.250. The van der Waals surface area contributed by atoms with E-state index in [0.29, 0.717) is 22.8 Å². The summed E-state index contributed by atoms with van der Waals surface area (Å²) < 4.78 is 42.8. The van der Waals surface area contributed by atoms with Gasteiger partial charge in [-0.3, -0.25) is 4.79 Å². The van der Waals surface area contributed by atoms with Crippen LogP contribution in [0.2, 0.25) is 0 Å². The molecule has 8 heteroatoms.